The lowest BCUT2D eigenvalue weighted by Crippen LogP contribution is -2.31. The number of benzene rings is 1. The Morgan fingerprint density at radius 2 is 1.89 bits per heavy atom. The maximum Gasteiger partial charge on any atom is 0.232 e. The third-order valence-corrected chi connectivity index (χ3v) is 5.86. The summed E-state index contributed by atoms with van der Waals surface area (Å²) in [5.41, 5.74) is 2.65. The highest BCUT2D eigenvalue weighted by Gasteiger charge is 2.27. The summed E-state index contributed by atoms with van der Waals surface area (Å²) in [7, 11) is 1.82. The number of carbonyl (C=O) groups excluding carboxylic acids is 1. The summed E-state index contributed by atoms with van der Waals surface area (Å²) in [6, 6.07) is 10.0. The fourth-order valence-electron chi connectivity index (χ4n) is 3.79. The Kier molecular flexibility index (Phi) is 9.68. The van der Waals surface area contributed by atoms with Gasteiger partial charge in [-0.1, -0.05) is 45.4 Å². The maximum atomic E-state index is 14.1. The Bertz CT molecular complexity index is 1340. The topological polar surface area (TPSA) is 88.8 Å². The molecule has 1 N–H and O–H groups in total. The van der Waals surface area contributed by atoms with Crippen molar-refractivity contribution in [2.75, 3.05) is 16.8 Å². The molecule has 1 aliphatic heterocycles. The van der Waals surface area contributed by atoms with E-state index >= 15 is 0 Å². The van der Waals surface area contributed by atoms with Gasteiger partial charge in [0.05, 0.1) is 18.3 Å². The number of aromatic nitrogens is 5. The average Bonchev–Trinajstić information content (AvgIpc) is 3.54. The van der Waals surface area contributed by atoms with Gasteiger partial charge in [-0.2, -0.15) is 5.10 Å². The molecule has 4 aromatic rings. The summed E-state index contributed by atoms with van der Waals surface area (Å²) < 4.78 is 15.8. The van der Waals surface area contributed by atoms with E-state index in [9.17, 15) is 9.18 Å². The number of carbonyl (C=O) groups is 1. The van der Waals surface area contributed by atoms with Crippen LogP contribution in [0.1, 0.15) is 38.8 Å². The molecule has 5 rings (SSSR count). The number of hydrogen-bond donors (Lipinski definition) is 1. The number of amides is 1. The molecule has 3 aromatic heterocycles. The summed E-state index contributed by atoms with van der Waals surface area (Å²) in [4.78, 5) is 27.8. The minimum atomic E-state index is -0.488. The molecule has 0 saturated carbocycles. The lowest BCUT2D eigenvalue weighted by molar-refractivity contribution is -0.118. The zero-order valence-corrected chi connectivity index (χ0v) is 22.4. The van der Waals surface area contributed by atoms with Crippen LogP contribution in [0, 0.1) is 5.82 Å². The van der Waals surface area contributed by atoms with Gasteiger partial charge >= 0.3 is 0 Å². The normalized spacial score (nSPS) is 11.6. The first-order valence-corrected chi connectivity index (χ1v) is 12.7. The number of nitrogens with zero attached hydrogens (tertiary/aromatic N) is 6. The Hall–Kier alpha value is -3.85. The van der Waals surface area contributed by atoms with Gasteiger partial charge in [-0.3, -0.25) is 14.4 Å². The zero-order valence-electron chi connectivity index (χ0n) is 21.7. The molecule has 0 fully saturated rings. The van der Waals surface area contributed by atoms with E-state index in [0.717, 1.165) is 16.9 Å². The van der Waals surface area contributed by atoms with Gasteiger partial charge in [-0.15, -0.1) is 0 Å². The Morgan fingerprint density at radius 3 is 2.59 bits per heavy atom. The first-order chi connectivity index (χ1) is 18.0. The van der Waals surface area contributed by atoms with Crippen LogP contribution in [0.2, 0.25) is 5.02 Å². The van der Waals surface area contributed by atoms with Crippen molar-refractivity contribution in [1.82, 2.24) is 24.7 Å². The van der Waals surface area contributed by atoms with E-state index in [4.69, 9.17) is 11.6 Å². The lowest BCUT2D eigenvalue weighted by Gasteiger charge is -2.17. The second-order valence-corrected chi connectivity index (χ2v) is 8.02. The van der Waals surface area contributed by atoms with Crippen molar-refractivity contribution >= 4 is 35.1 Å². The quantitative estimate of drug-likeness (QED) is 0.345. The fraction of sp³-hybridized carbons (Fsp3) is 0.296. The van der Waals surface area contributed by atoms with Crippen molar-refractivity contribution < 1.29 is 9.18 Å². The highest BCUT2D eigenvalue weighted by Crippen LogP contribution is 2.31. The molecular weight excluding hydrogens is 493 g/mol. The number of aryl methyl sites for hydroxylation is 1. The summed E-state index contributed by atoms with van der Waals surface area (Å²) in [6.07, 6.45) is 5.56. The number of nitrogens with one attached hydrogen (secondary N) is 1. The summed E-state index contributed by atoms with van der Waals surface area (Å²) in [5, 5.41) is 7.49. The predicted molar refractivity (Wildman–Crippen MR) is 146 cm³/mol. The predicted octanol–water partition coefficient (Wildman–Crippen LogP) is 5.99. The molecule has 10 heteroatoms. The van der Waals surface area contributed by atoms with Gasteiger partial charge in [-0.25, -0.2) is 19.3 Å². The maximum absolute atomic E-state index is 14.1. The third kappa shape index (κ3) is 6.29. The van der Waals surface area contributed by atoms with Crippen LogP contribution in [0.15, 0.2) is 55.0 Å². The van der Waals surface area contributed by atoms with E-state index in [1.165, 1.54) is 12.1 Å². The van der Waals surface area contributed by atoms with Gasteiger partial charge in [0.25, 0.3) is 0 Å². The van der Waals surface area contributed by atoms with Crippen LogP contribution >= 0.6 is 11.6 Å². The molecule has 0 unspecified atom stereocenters. The summed E-state index contributed by atoms with van der Waals surface area (Å²) in [6.45, 7) is 8.48. The van der Waals surface area contributed by atoms with E-state index in [1.807, 2.05) is 46.9 Å². The molecule has 0 saturated heterocycles. The molecule has 0 atom stereocenters. The van der Waals surface area contributed by atoms with E-state index in [-0.39, 0.29) is 22.9 Å². The standard InChI is InChI=1S/C23H19ClFN7O.2C2H6/c1-31-20(6-9-28-31)30-23-26-8-5-19(29-23)15-11-14-7-10-32(22(14)27-13-15)21(33)12-16-17(24)3-2-4-18(16)25;2*1-2/h2-6,8-9,11,13H,7,10,12H2,1H3,(H,26,29,30);2*1-2H3. The molecule has 37 heavy (non-hydrogen) atoms. The number of halogens is 2. The number of hydrogen-bond acceptors (Lipinski definition) is 6. The van der Waals surface area contributed by atoms with Gasteiger partial charge in [0.2, 0.25) is 11.9 Å². The van der Waals surface area contributed by atoms with Gasteiger partial charge in [0, 0.05) is 48.2 Å². The van der Waals surface area contributed by atoms with Gasteiger partial charge in [0.1, 0.15) is 17.5 Å². The molecule has 8 nitrogen and oxygen atoms in total. The Labute approximate surface area is 221 Å². The minimum absolute atomic E-state index is 0.122. The van der Waals surface area contributed by atoms with Gasteiger partial charge in [-0.05, 0) is 36.2 Å². The molecule has 1 aliphatic rings. The summed E-state index contributed by atoms with van der Waals surface area (Å²) in [5.74, 6) is 1.06. The molecule has 0 radical (unpaired) electrons. The molecule has 4 heterocycles. The molecule has 0 bridgehead atoms. The zero-order chi connectivity index (χ0) is 26.9. The highest BCUT2D eigenvalue weighted by atomic mass is 35.5. The van der Waals surface area contributed by atoms with Crippen molar-refractivity contribution in [3.63, 3.8) is 0 Å². The molecule has 1 amide bonds. The van der Waals surface area contributed by atoms with Crippen LogP contribution in [-0.4, -0.2) is 37.2 Å². The number of rotatable bonds is 5. The van der Waals surface area contributed by atoms with E-state index in [0.29, 0.717) is 30.4 Å². The average molecular weight is 524 g/mol. The van der Waals surface area contributed by atoms with Crippen LogP contribution in [0.4, 0.5) is 22.0 Å². The molecule has 0 aliphatic carbocycles. The SMILES string of the molecule is CC.CC.Cn1nccc1Nc1nccc(-c2cnc3c(c2)CCN3C(=O)Cc2c(F)cccc2Cl)n1. The van der Waals surface area contributed by atoms with Gasteiger partial charge < -0.3 is 5.32 Å². The highest BCUT2D eigenvalue weighted by molar-refractivity contribution is 6.31. The Balaban J connectivity index is 0.000000907. The largest absolute Gasteiger partial charge is 0.309 e. The second kappa shape index (κ2) is 12.9. The number of anilines is 3. The lowest BCUT2D eigenvalue weighted by atomic mass is 10.1. The Morgan fingerprint density at radius 1 is 1.11 bits per heavy atom. The fourth-order valence-corrected chi connectivity index (χ4v) is 4.02. The van der Waals surface area contributed by atoms with E-state index in [1.54, 1.807) is 40.3 Å². The van der Waals surface area contributed by atoms with Crippen molar-refractivity contribution in [2.24, 2.45) is 7.05 Å². The van der Waals surface area contributed by atoms with Crippen molar-refractivity contribution in [1.29, 1.82) is 0 Å². The number of pyridine rings is 1. The van der Waals surface area contributed by atoms with Crippen LogP contribution in [0.3, 0.4) is 0 Å². The van der Waals surface area contributed by atoms with Crippen LogP contribution in [0.5, 0.6) is 0 Å². The minimum Gasteiger partial charge on any atom is -0.309 e. The van der Waals surface area contributed by atoms with Crippen LogP contribution in [-0.2, 0) is 24.7 Å². The van der Waals surface area contributed by atoms with Crippen molar-refractivity contribution in [3.8, 4) is 11.3 Å². The van der Waals surface area contributed by atoms with E-state index < -0.39 is 5.82 Å². The monoisotopic (exact) mass is 523 g/mol. The first kappa shape index (κ1) is 27.7. The van der Waals surface area contributed by atoms with Crippen LogP contribution in [0.25, 0.3) is 11.3 Å². The van der Waals surface area contributed by atoms with Crippen molar-refractivity contribution in [3.05, 3.63) is 77.0 Å². The molecule has 194 valence electrons. The molecule has 1 aromatic carbocycles. The smallest absolute Gasteiger partial charge is 0.232 e. The molecule has 0 spiro atoms. The third-order valence-electron chi connectivity index (χ3n) is 5.51. The first-order valence-electron chi connectivity index (χ1n) is 12.3. The van der Waals surface area contributed by atoms with Crippen LogP contribution < -0.4 is 10.2 Å². The number of fused-ring (bicyclic) bond motifs is 1. The van der Waals surface area contributed by atoms with E-state index in [2.05, 4.69) is 25.4 Å². The second-order valence-electron chi connectivity index (χ2n) is 7.61. The summed E-state index contributed by atoms with van der Waals surface area (Å²) >= 11 is 6.09. The van der Waals surface area contributed by atoms with Gasteiger partial charge in [0.15, 0.2) is 0 Å². The molecular formula is C27H31ClFN7O. The van der Waals surface area contributed by atoms with Crippen molar-refractivity contribution in [2.45, 2.75) is 40.5 Å².